The molecule has 3 N–H and O–H groups in total. The van der Waals surface area contributed by atoms with E-state index < -0.39 is 11.9 Å². The number of pyridine rings is 1. The highest BCUT2D eigenvalue weighted by Crippen LogP contribution is 2.26. The standard InChI is InChI=1S/C21H22N2O.C4H4O4/c1-3-13-22-16(2)14-23-15-20(17-9-5-4-6-10-17)18-11-7-8-12-19(18)21(23)24;5-3(6)1-2-4(7)8/h3-12,15-16,22H,1,13-14H2,2H3;1-2H,(H,5,6)(H,7,8)/b;2-1-. The van der Waals surface area contributed by atoms with Crippen molar-refractivity contribution in [1.29, 1.82) is 0 Å². The van der Waals surface area contributed by atoms with Crippen LogP contribution in [0.3, 0.4) is 0 Å². The number of rotatable bonds is 8. The van der Waals surface area contributed by atoms with Crippen molar-refractivity contribution in [3.8, 4) is 11.1 Å². The smallest absolute Gasteiger partial charge is 0.328 e. The zero-order valence-corrected chi connectivity index (χ0v) is 17.8. The van der Waals surface area contributed by atoms with Crippen molar-refractivity contribution in [2.24, 2.45) is 0 Å². The van der Waals surface area contributed by atoms with Crippen LogP contribution in [-0.2, 0) is 16.1 Å². The van der Waals surface area contributed by atoms with Gasteiger partial charge in [-0.1, -0.05) is 54.6 Å². The minimum atomic E-state index is -1.26. The van der Waals surface area contributed by atoms with Gasteiger partial charge in [-0.05, 0) is 23.9 Å². The van der Waals surface area contributed by atoms with Crippen LogP contribution in [0.25, 0.3) is 21.9 Å². The SMILES string of the molecule is C=CCNC(C)Cn1cc(-c2ccccc2)c2ccccc2c1=O.O=C(O)/C=C\C(=O)O. The molecule has 32 heavy (non-hydrogen) atoms. The molecule has 0 saturated heterocycles. The van der Waals surface area contributed by atoms with Gasteiger partial charge in [0.1, 0.15) is 0 Å². The summed E-state index contributed by atoms with van der Waals surface area (Å²) >= 11 is 0. The van der Waals surface area contributed by atoms with Gasteiger partial charge in [-0.15, -0.1) is 6.58 Å². The first-order valence-corrected chi connectivity index (χ1v) is 9.99. The normalized spacial score (nSPS) is 11.5. The molecule has 3 aromatic rings. The van der Waals surface area contributed by atoms with Crippen LogP contribution in [0.5, 0.6) is 0 Å². The van der Waals surface area contributed by atoms with Gasteiger partial charge < -0.3 is 20.1 Å². The molecule has 1 atom stereocenters. The van der Waals surface area contributed by atoms with Gasteiger partial charge in [0, 0.05) is 48.4 Å². The highest BCUT2D eigenvalue weighted by atomic mass is 16.4. The van der Waals surface area contributed by atoms with E-state index >= 15 is 0 Å². The summed E-state index contributed by atoms with van der Waals surface area (Å²) in [5.41, 5.74) is 2.26. The number of hydrogen-bond acceptors (Lipinski definition) is 4. The second-order valence-corrected chi connectivity index (χ2v) is 7.02. The Hall–Kier alpha value is -3.97. The third kappa shape index (κ3) is 7.07. The fraction of sp³-hybridized carbons (Fsp3) is 0.160. The molecular weight excluding hydrogens is 408 g/mol. The first-order chi connectivity index (χ1) is 15.3. The Kier molecular flexibility index (Phi) is 9.13. The molecule has 0 bridgehead atoms. The number of aliphatic carboxylic acids is 2. The van der Waals surface area contributed by atoms with Crippen molar-refractivity contribution in [2.45, 2.75) is 19.5 Å². The first-order valence-electron chi connectivity index (χ1n) is 9.99. The number of benzene rings is 2. The summed E-state index contributed by atoms with van der Waals surface area (Å²) in [6.45, 7) is 7.15. The van der Waals surface area contributed by atoms with Crippen molar-refractivity contribution in [1.82, 2.24) is 9.88 Å². The quantitative estimate of drug-likeness (QED) is 0.370. The number of carbonyl (C=O) groups is 2. The second kappa shape index (κ2) is 12.0. The van der Waals surface area contributed by atoms with Gasteiger partial charge in [0.05, 0.1) is 0 Å². The first kappa shape index (κ1) is 24.3. The van der Waals surface area contributed by atoms with Gasteiger partial charge in [0.15, 0.2) is 0 Å². The van der Waals surface area contributed by atoms with Gasteiger partial charge in [0.25, 0.3) is 5.56 Å². The predicted molar refractivity (Wildman–Crippen MR) is 126 cm³/mol. The fourth-order valence-electron chi connectivity index (χ4n) is 3.11. The number of fused-ring (bicyclic) bond motifs is 1. The third-order valence-electron chi connectivity index (χ3n) is 4.53. The summed E-state index contributed by atoms with van der Waals surface area (Å²) in [4.78, 5) is 31.9. The molecule has 0 radical (unpaired) electrons. The Bertz CT molecular complexity index is 1150. The van der Waals surface area contributed by atoms with Crippen molar-refractivity contribution >= 4 is 22.7 Å². The Balaban J connectivity index is 0.000000390. The summed E-state index contributed by atoms with van der Waals surface area (Å²) in [6, 6.07) is 18.2. The van der Waals surface area contributed by atoms with Gasteiger partial charge in [-0.25, -0.2) is 9.59 Å². The maximum Gasteiger partial charge on any atom is 0.328 e. The Morgan fingerprint density at radius 1 is 1.00 bits per heavy atom. The Labute approximate surface area is 185 Å². The molecular formula is C25H26N2O5. The number of carboxylic acid groups (broad SMARTS) is 2. The summed E-state index contributed by atoms with van der Waals surface area (Å²) < 4.78 is 1.81. The summed E-state index contributed by atoms with van der Waals surface area (Å²) in [6.07, 6.45) is 4.92. The van der Waals surface area contributed by atoms with Crippen LogP contribution in [0.2, 0.25) is 0 Å². The number of nitrogens with zero attached hydrogens (tertiary/aromatic N) is 1. The van der Waals surface area contributed by atoms with E-state index in [4.69, 9.17) is 10.2 Å². The number of nitrogens with one attached hydrogen (secondary N) is 1. The maximum atomic E-state index is 12.8. The average Bonchev–Trinajstić information content (AvgIpc) is 2.79. The van der Waals surface area contributed by atoms with Gasteiger partial charge in [-0.2, -0.15) is 0 Å². The Morgan fingerprint density at radius 3 is 2.12 bits per heavy atom. The lowest BCUT2D eigenvalue weighted by molar-refractivity contribution is -0.134. The van der Waals surface area contributed by atoms with E-state index in [0.717, 1.165) is 28.4 Å². The predicted octanol–water partition coefficient (Wildman–Crippen LogP) is 3.54. The van der Waals surface area contributed by atoms with Crippen molar-refractivity contribution in [3.63, 3.8) is 0 Å². The molecule has 2 aromatic carbocycles. The molecule has 0 spiro atoms. The van der Waals surface area contributed by atoms with Crippen LogP contribution in [-0.4, -0.2) is 39.3 Å². The lowest BCUT2D eigenvalue weighted by Crippen LogP contribution is -2.34. The largest absolute Gasteiger partial charge is 0.478 e. The maximum absolute atomic E-state index is 12.8. The molecule has 1 heterocycles. The van der Waals surface area contributed by atoms with Crippen LogP contribution in [0, 0.1) is 0 Å². The highest BCUT2D eigenvalue weighted by molar-refractivity contribution is 5.95. The third-order valence-corrected chi connectivity index (χ3v) is 4.53. The lowest BCUT2D eigenvalue weighted by Gasteiger charge is -2.17. The van der Waals surface area contributed by atoms with E-state index in [1.807, 2.05) is 59.3 Å². The fourth-order valence-corrected chi connectivity index (χ4v) is 3.11. The molecule has 0 fully saturated rings. The molecule has 1 aromatic heterocycles. The second-order valence-electron chi connectivity index (χ2n) is 7.02. The average molecular weight is 434 g/mol. The van der Waals surface area contributed by atoms with Gasteiger partial charge in [-0.3, -0.25) is 4.79 Å². The highest BCUT2D eigenvalue weighted by Gasteiger charge is 2.11. The molecule has 7 nitrogen and oxygen atoms in total. The van der Waals surface area contributed by atoms with Crippen molar-refractivity contribution in [3.05, 3.63) is 96.0 Å². The zero-order chi connectivity index (χ0) is 23.5. The van der Waals surface area contributed by atoms with E-state index in [-0.39, 0.29) is 11.6 Å². The number of carboxylic acids is 2. The molecule has 166 valence electrons. The lowest BCUT2D eigenvalue weighted by atomic mass is 10.0. The van der Waals surface area contributed by atoms with Crippen LogP contribution < -0.4 is 10.9 Å². The molecule has 1 unspecified atom stereocenters. The minimum Gasteiger partial charge on any atom is -0.478 e. The van der Waals surface area contributed by atoms with E-state index in [2.05, 4.69) is 31.0 Å². The van der Waals surface area contributed by atoms with E-state index in [1.165, 1.54) is 0 Å². The summed E-state index contributed by atoms with van der Waals surface area (Å²) in [7, 11) is 0. The van der Waals surface area contributed by atoms with Crippen LogP contribution >= 0.6 is 0 Å². The van der Waals surface area contributed by atoms with E-state index in [9.17, 15) is 14.4 Å². The molecule has 0 aliphatic heterocycles. The topological polar surface area (TPSA) is 109 Å². The monoisotopic (exact) mass is 434 g/mol. The Morgan fingerprint density at radius 2 is 1.56 bits per heavy atom. The summed E-state index contributed by atoms with van der Waals surface area (Å²) in [5, 5.41) is 20.7. The molecule has 0 amide bonds. The van der Waals surface area contributed by atoms with Crippen LogP contribution in [0.4, 0.5) is 0 Å². The molecule has 7 heteroatoms. The molecule has 0 aliphatic carbocycles. The van der Waals surface area contributed by atoms with Gasteiger partial charge >= 0.3 is 11.9 Å². The minimum absolute atomic E-state index is 0.0533. The van der Waals surface area contributed by atoms with Crippen LogP contribution in [0.1, 0.15) is 6.92 Å². The van der Waals surface area contributed by atoms with Gasteiger partial charge in [0.2, 0.25) is 0 Å². The molecule has 0 aliphatic rings. The zero-order valence-electron chi connectivity index (χ0n) is 17.8. The van der Waals surface area contributed by atoms with Crippen LogP contribution in [0.15, 0.2) is 90.4 Å². The van der Waals surface area contributed by atoms with E-state index in [1.54, 1.807) is 0 Å². The number of aromatic nitrogens is 1. The molecule has 0 saturated carbocycles. The molecule has 3 rings (SSSR count). The summed E-state index contributed by atoms with van der Waals surface area (Å²) in [5.74, 6) is -2.51. The van der Waals surface area contributed by atoms with E-state index in [0.29, 0.717) is 18.7 Å². The number of hydrogen-bond donors (Lipinski definition) is 3. The van der Waals surface area contributed by atoms with Crippen molar-refractivity contribution in [2.75, 3.05) is 6.54 Å². The van der Waals surface area contributed by atoms with Crippen molar-refractivity contribution < 1.29 is 19.8 Å².